The zero-order valence-electron chi connectivity index (χ0n) is 35.1. The molecule has 0 N–H and O–H groups in total. The van der Waals surface area contributed by atoms with E-state index in [1.54, 1.807) is 11.0 Å². The van der Waals surface area contributed by atoms with Gasteiger partial charge in [0.15, 0.2) is 0 Å². The van der Waals surface area contributed by atoms with E-state index in [9.17, 15) is 4.11 Å². The van der Waals surface area contributed by atoms with Crippen LogP contribution in [0.15, 0.2) is 237 Å². The van der Waals surface area contributed by atoms with Crippen molar-refractivity contribution in [1.29, 1.82) is 0 Å². The van der Waals surface area contributed by atoms with Crippen molar-refractivity contribution in [2.24, 2.45) is 0 Å². The summed E-state index contributed by atoms with van der Waals surface area (Å²) in [6.07, 6.45) is 9.25. The van der Waals surface area contributed by atoms with Gasteiger partial charge in [0.05, 0.1) is 10.9 Å². The Labute approximate surface area is 335 Å². The molecule has 0 atom stereocenters. The van der Waals surface area contributed by atoms with E-state index < -0.39 is 5.41 Å². The summed E-state index contributed by atoms with van der Waals surface area (Å²) in [6, 6.07) is 54.5. The molecule has 1 aliphatic carbocycles. The Morgan fingerprint density at radius 1 is 0.679 bits per heavy atom. The van der Waals surface area contributed by atoms with Gasteiger partial charge in [-0.05, 0) is 101 Å². The minimum absolute atomic E-state index is 0.0247. The molecule has 0 spiro atoms. The van der Waals surface area contributed by atoms with Gasteiger partial charge in [0.1, 0.15) is 0 Å². The summed E-state index contributed by atoms with van der Waals surface area (Å²) < 4.78 is 36.6. The average Bonchev–Trinajstić information content (AvgIpc) is 3.58. The van der Waals surface area contributed by atoms with Crippen LogP contribution < -0.4 is 10.4 Å². The summed E-state index contributed by atoms with van der Waals surface area (Å²) in [6.45, 7) is 13.9. The second-order valence-corrected chi connectivity index (χ2v) is 13.7. The van der Waals surface area contributed by atoms with Gasteiger partial charge in [-0.25, -0.2) is 0 Å². The molecule has 0 unspecified atom stereocenters. The van der Waals surface area contributed by atoms with E-state index in [0.717, 1.165) is 77.5 Å². The summed E-state index contributed by atoms with van der Waals surface area (Å²) in [5.41, 5.74) is 6.59. The number of hydrogen-bond donors (Lipinski definition) is 0. The maximum absolute atomic E-state index is 9.66. The molecule has 0 saturated carbocycles. The van der Waals surface area contributed by atoms with Crippen LogP contribution in [0.2, 0.25) is 0 Å². The number of allylic oxidation sites excluding steroid dienone is 8. The van der Waals surface area contributed by atoms with E-state index in [0.29, 0.717) is 5.70 Å². The molecular formula is C55H43N. The Kier molecular flexibility index (Phi) is 8.70. The van der Waals surface area contributed by atoms with Crippen molar-refractivity contribution in [3.8, 4) is 0 Å². The highest BCUT2D eigenvalue weighted by molar-refractivity contribution is 6.10. The number of fused-ring (bicyclic) bond motifs is 4. The van der Waals surface area contributed by atoms with Crippen molar-refractivity contribution >= 4 is 45.8 Å². The van der Waals surface area contributed by atoms with Crippen LogP contribution in [-0.4, -0.2) is 4.90 Å². The van der Waals surface area contributed by atoms with Crippen LogP contribution in [0.25, 0.3) is 45.8 Å². The lowest BCUT2D eigenvalue weighted by Gasteiger charge is -2.35. The molecule has 7 aromatic carbocycles. The summed E-state index contributed by atoms with van der Waals surface area (Å²) in [7, 11) is 0. The molecule has 1 heteroatoms. The second-order valence-electron chi connectivity index (χ2n) is 13.7. The molecule has 268 valence electrons. The molecule has 56 heavy (non-hydrogen) atoms. The Balaban J connectivity index is 1.38. The fourth-order valence-electron chi connectivity index (χ4n) is 8.07. The first kappa shape index (κ1) is 31.2. The van der Waals surface area contributed by atoms with E-state index in [-0.39, 0.29) is 23.9 Å². The van der Waals surface area contributed by atoms with Gasteiger partial charge in [-0.2, -0.15) is 0 Å². The van der Waals surface area contributed by atoms with E-state index in [1.807, 2.05) is 109 Å². The number of nitrogens with zero attached hydrogens (tertiary/aromatic N) is 1. The van der Waals surface area contributed by atoms with E-state index in [4.69, 9.17) is 1.37 Å². The molecule has 0 radical (unpaired) electrons. The minimum Gasteiger partial charge on any atom is -0.318 e. The first-order valence-electron chi connectivity index (χ1n) is 20.7. The van der Waals surface area contributed by atoms with Gasteiger partial charge >= 0.3 is 0 Å². The van der Waals surface area contributed by atoms with Crippen LogP contribution in [0, 0.1) is 0 Å². The van der Waals surface area contributed by atoms with Crippen molar-refractivity contribution in [1.82, 2.24) is 4.90 Å². The van der Waals surface area contributed by atoms with Crippen LogP contribution in [-0.2, 0) is 5.41 Å². The number of benzene rings is 7. The molecular weight excluding hydrogens is 675 g/mol. The first-order valence-corrected chi connectivity index (χ1v) is 18.6. The van der Waals surface area contributed by atoms with Gasteiger partial charge in [0.2, 0.25) is 0 Å². The normalized spacial score (nSPS) is 15.9. The summed E-state index contributed by atoms with van der Waals surface area (Å²) >= 11 is 0. The second kappa shape index (κ2) is 15.6. The Bertz CT molecular complexity index is 3040. The van der Waals surface area contributed by atoms with Crippen molar-refractivity contribution in [3.05, 3.63) is 275 Å². The third-order valence-corrected chi connectivity index (χ3v) is 10.6. The summed E-state index contributed by atoms with van der Waals surface area (Å²) in [4.78, 5) is 1.65. The van der Waals surface area contributed by atoms with Crippen LogP contribution in [0.4, 0.5) is 0 Å². The average molecular weight is 722 g/mol. The van der Waals surface area contributed by atoms with Gasteiger partial charge in [-0.15, -0.1) is 0 Å². The third kappa shape index (κ3) is 6.40. The minimum atomic E-state index is -0.768. The van der Waals surface area contributed by atoms with Crippen molar-refractivity contribution in [2.75, 3.05) is 0 Å². The van der Waals surface area contributed by atoms with Gasteiger partial charge < -0.3 is 4.90 Å². The Morgan fingerprint density at radius 2 is 1.30 bits per heavy atom. The molecule has 0 aliphatic heterocycles. The SMILES string of the molecule is [2H]C=C([2H])/C(=C([2H])\C([2H])=C\c1cc2ccccc2c2ccccc12)N(/C=C/C1=C(C=C)c2ccccc2C1(c1ccccc1)c1ccccc1)C(=C)/C=c1/ccccc1=C. The highest BCUT2D eigenvalue weighted by atomic mass is 15.1. The van der Waals surface area contributed by atoms with Crippen molar-refractivity contribution in [3.63, 3.8) is 0 Å². The highest BCUT2D eigenvalue weighted by Crippen LogP contribution is 2.55. The molecule has 0 fully saturated rings. The lowest BCUT2D eigenvalue weighted by Crippen LogP contribution is -2.29. The Hall–Kier alpha value is -7.22. The number of hydrogen-bond acceptors (Lipinski definition) is 1. The lowest BCUT2D eigenvalue weighted by atomic mass is 9.67. The standard InChI is InChI=1S/C55H43N/c1-5-47(30-21-25-44-39-43-24-15-16-31-49(43)51-33-18-17-32-50(44)51)56(41(4)38-42-23-14-13-22-40(42)3)37-36-54-48(6-2)52-34-19-20-35-53(52)55(54,45-26-9-7-10-27-45)46-28-11-8-12-29-46/h5-39H,1-4H2/b25-21+,37-36+,42-38-,47-30+/i1D,5D,21D,30D/b5-1?,25-21+,37-36+,42-38-,47-30+. The highest BCUT2D eigenvalue weighted by Gasteiger charge is 2.46. The van der Waals surface area contributed by atoms with E-state index >= 15 is 0 Å². The summed E-state index contributed by atoms with van der Waals surface area (Å²) in [5, 5.41) is 5.69. The van der Waals surface area contributed by atoms with Crippen LogP contribution >= 0.6 is 0 Å². The molecule has 0 heterocycles. The van der Waals surface area contributed by atoms with E-state index in [1.165, 1.54) is 0 Å². The van der Waals surface area contributed by atoms with Gasteiger partial charge in [-0.1, -0.05) is 202 Å². The zero-order valence-corrected chi connectivity index (χ0v) is 31.1. The molecule has 7 aromatic rings. The molecule has 0 amide bonds. The molecule has 8 rings (SSSR count). The maximum atomic E-state index is 9.66. The molecule has 1 nitrogen and oxygen atoms in total. The van der Waals surface area contributed by atoms with Gasteiger partial charge in [0, 0.05) is 17.6 Å². The van der Waals surface area contributed by atoms with Crippen LogP contribution in [0.5, 0.6) is 0 Å². The quantitative estimate of drug-likeness (QED) is 0.0949. The lowest BCUT2D eigenvalue weighted by molar-refractivity contribution is 0.622. The molecule has 1 aliphatic rings. The fraction of sp³-hybridized carbons (Fsp3) is 0.0182. The third-order valence-electron chi connectivity index (χ3n) is 10.6. The van der Waals surface area contributed by atoms with E-state index in [2.05, 4.69) is 98.6 Å². The van der Waals surface area contributed by atoms with Gasteiger partial charge in [0.25, 0.3) is 0 Å². The van der Waals surface area contributed by atoms with Crippen LogP contribution in [0.3, 0.4) is 0 Å². The monoisotopic (exact) mass is 721 g/mol. The molecule has 0 saturated heterocycles. The topological polar surface area (TPSA) is 3.24 Å². The fourth-order valence-corrected chi connectivity index (χ4v) is 8.07. The molecule has 0 bridgehead atoms. The smallest absolute Gasteiger partial charge is 0.0714 e. The predicted molar refractivity (Wildman–Crippen MR) is 241 cm³/mol. The van der Waals surface area contributed by atoms with Crippen molar-refractivity contribution in [2.45, 2.75) is 5.41 Å². The Morgan fingerprint density at radius 3 is 2.02 bits per heavy atom. The zero-order chi connectivity index (χ0) is 41.8. The largest absolute Gasteiger partial charge is 0.318 e. The van der Waals surface area contributed by atoms with Crippen LogP contribution in [0.1, 0.15) is 33.3 Å². The molecule has 0 aromatic heterocycles. The summed E-state index contributed by atoms with van der Waals surface area (Å²) in [5.74, 6) is 0. The first-order chi connectivity index (χ1) is 29.3. The van der Waals surface area contributed by atoms with Gasteiger partial charge in [-0.3, -0.25) is 0 Å². The predicted octanol–water partition coefficient (Wildman–Crippen LogP) is 12.3. The van der Waals surface area contributed by atoms with Crippen molar-refractivity contribution < 1.29 is 5.48 Å². The number of rotatable bonds is 11. The maximum Gasteiger partial charge on any atom is 0.0714 e.